The van der Waals surface area contributed by atoms with Crippen LogP contribution < -0.4 is 0 Å². The zero-order chi connectivity index (χ0) is 53.0. The van der Waals surface area contributed by atoms with Crippen molar-refractivity contribution >= 4 is 109 Å². The Morgan fingerprint density at radius 1 is 0.253 bits per heavy atom. The Morgan fingerprint density at radius 2 is 0.595 bits per heavy atom. The van der Waals surface area contributed by atoms with E-state index in [1.165, 1.54) is 54.6 Å². The quantitative estimate of drug-likeness (QED) is 0.164. The van der Waals surface area contributed by atoms with E-state index in [0.717, 1.165) is 127 Å². The van der Waals surface area contributed by atoms with E-state index in [1.807, 2.05) is 12.4 Å². The number of hydrogen-bond donors (Lipinski definition) is 0. The zero-order valence-electron chi connectivity index (χ0n) is 44.3. The third kappa shape index (κ3) is 7.55. The van der Waals surface area contributed by atoms with Gasteiger partial charge in [-0.25, -0.2) is 9.97 Å². The number of hydrogen-bond acceptors (Lipinski definition) is 6. The molecule has 4 aromatic heterocycles. The molecule has 16 rings (SSSR count). The van der Waals surface area contributed by atoms with Crippen LogP contribution >= 0.6 is 0 Å². The summed E-state index contributed by atoms with van der Waals surface area (Å²) in [7, 11) is 0. The largest absolute Gasteiger partial charge is 0.456 e. The number of fused-ring (bicyclic) bond motifs is 18. The smallest absolute Gasteiger partial charge is 0.138 e. The highest BCUT2D eigenvalue weighted by molar-refractivity contribution is 6.24. The summed E-state index contributed by atoms with van der Waals surface area (Å²) in [4.78, 5) is 20.1. The third-order valence-corrected chi connectivity index (χ3v) is 16.1. The van der Waals surface area contributed by atoms with E-state index in [1.54, 1.807) is 0 Å². The lowest BCUT2D eigenvalue weighted by Gasteiger charge is -2.11. The Kier molecular flexibility index (Phi) is 10.6. The molecule has 0 unspecified atom stereocenters. The van der Waals surface area contributed by atoms with E-state index < -0.39 is 0 Å². The molecule has 0 spiro atoms. The van der Waals surface area contributed by atoms with Gasteiger partial charge in [0.05, 0.1) is 45.8 Å². The fraction of sp³-hybridized carbons (Fsp3) is 0.0685. The first-order chi connectivity index (χ1) is 38.7. The molecule has 374 valence electrons. The molecule has 0 atom stereocenters. The summed E-state index contributed by atoms with van der Waals surface area (Å²) in [5.74, 6) is 0. The minimum atomic E-state index is 0.873. The molecule has 0 fully saturated rings. The van der Waals surface area contributed by atoms with Crippen LogP contribution in [0.3, 0.4) is 0 Å². The van der Waals surface area contributed by atoms with E-state index in [0.29, 0.717) is 0 Å². The Balaban J connectivity index is 0.000000137. The topological polar surface area (TPSA) is 77.8 Å². The van der Waals surface area contributed by atoms with Gasteiger partial charge < -0.3 is 8.83 Å². The van der Waals surface area contributed by atoms with Gasteiger partial charge in [-0.2, -0.15) is 0 Å². The maximum absolute atomic E-state index is 6.31. The van der Waals surface area contributed by atoms with Gasteiger partial charge >= 0.3 is 0 Å². The van der Waals surface area contributed by atoms with Crippen LogP contribution in [0.1, 0.15) is 27.8 Å². The van der Waals surface area contributed by atoms with E-state index in [9.17, 15) is 0 Å². The predicted octanol–water partition coefficient (Wildman–Crippen LogP) is 19.9. The SMILES string of the molecule is Cc1cc(C)c2oc3c(C)cc(-c4ccc(-c5cnc6c7ccccc7c7ccccc7c6n5)cc4)cc3c2c1.Cc1cccc2c1oc1c(C)cc(-c3ccc(-c4cnc5c6ccccc6c6ccccc6c5n4)cc3)cc12. The van der Waals surface area contributed by atoms with E-state index in [2.05, 4.69) is 235 Å². The summed E-state index contributed by atoms with van der Waals surface area (Å²) in [6, 6.07) is 70.8. The average Bonchev–Trinajstić information content (AvgIpc) is 4.24. The Morgan fingerprint density at radius 3 is 1.04 bits per heavy atom. The summed E-state index contributed by atoms with van der Waals surface area (Å²) < 4.78 is 12.6. The minimum absolute atomic E-state index is 0.873. The highest BCUT2D eigenvalue weighted by Crippen LogP contribution is 2.41. The molecule has 0 N–H and O–H groups in total. The van der Waals surface area contributed by atoms with Crippen LogP contribution in [0.2, 0.25) is 0 Å². The molecule has 0 bridgehead atoms. The Hall–Kier alpha value is -10.0. The summed E-state index contributed by atoms with van der Waals surface area (Å²) >= 11 is 0. The molecule has 6 nitrogen and oxygen atoms in total. The Bertz CT molecular complexity index is 5120. The molecule has 0 radical (unpaired) electrons. The number of aromatic nitrogens is 4. The predicted molar refractivity (Wildman–Crippen MR) is 329 cm³/mol. The first-order valence-electron chi connectivity index (χ1n) is 26.9. The number of nitrogens with zero attached hydrogens (tertiary/aromatic N) is 4. The van der Waals surface area contributed by atoms with Crippen LogP contribution in [0.4, 0.5) is 0 Å². The van der Waals surface area contributed by atoms with E-state index >= 15 is 0 Å². The molecule has 4 heterocycles. The van der Waals surface area contributed by atoms with Gasteiger partial charge in [0, 0.05) is 54.2 Å². The standard InChI is InChI=1S/C37H26N2O.C36H24N2O/c1-21-16-22(2)36-31(17-21)32-19-26(18-23(3)37(32)40-36)24-12-14-25(15-13-24)33-20-38-34-29-10-6-4-8-27(29)28-9-5-7-11-30(28)35(34)39-33;1-21-8-7-13-30-31-19-25(18-22(2)36(31)39-35(21)30)23-14-16-24(17-15-23)32-20-37-33-28-11-5-3-9-26(28)27-10-4-6-12-29(27)34(33)38-32/h4-20H,1-3H3;3-20H,1-2H3. The number of benzene rings is 12. The fourth-order valence-electron chi connectivity index (χ4n) is 12.2. The average molecular weight is 1020 g/mol. The first kappa shape index (κ1) is 46.3. The van der Waals surface area contributed by atoms with Gasteiger partial charge in [-0.05, 0) is 137 Å². The fourth-order valence-corrected chi connectivity index (χ4v) is 12.2. The molecule has 0 saturated heterocycles. The molecule has 16 aromatic rings. The molecule has 0 amide bonds. The van der Waals surface area contributed by atoms with Crippen LogP contribution in [0.25, 0.3) is 154 Å². The highest BCUT2D eigenvalue weighted by atomic mass is 16.3. The summed E-state index contributed by atoms with van der Waals surface area (Å²) in [6.45, 7) is 10.6. The van der Waals surface area contributed by atoms with Gasteiger partial charge in [-0.15, -0.1) is 0 Å². The van der Waals surface area contributed by atoms with Crippen molar-refractivity contribution < 1.29 is 8.83 Å². The molecular weight excluding hydrogens is 965 g/mol. The number of furan rings is 2. The molecule has 0 saturated carbocycles. The monoisotopic (exact) mass is 1010 g/mol. The molecule has 0 aliphatic rings. The van der Waals surface area contributed by atoms with Crippen molar-refractivity contribution in [2.45, 2.75) is 34.6 Å². The van der Waals surface area contributed by atoms with Crippen molar-refractivity contribution in [2.24, 2.45) is 0 Å². The van der Waals surface area contributed by atoms with Gasteiger partial charge in [0.1, 0.15) is 22.3 Å². The lowest BCUT2D eigenvalue weighted by molar-refractivity contribution is 0.662. The van der Waals surface area contributed by atoms with Crippen molar-refractivity contribution in [2.75, 3.05) is 0 Å². The molecule has 12 aromatic carbocycles. The molecule has 0 aliphatic carbocycles. The van der Waals surface area contributed by atoms with Gasteiger partial charge in [-0.3, -0.25) is 9.97 Å². The number of para-hydroxylation sites is 1. The van der Waals surface area contributed by atoms with Crippen molar-refractivity contribution in [3.63, 3.8) is 0 Å². The van der Waals surface area contributed by atoms with Gasteiger partial charge in [-0.1, -0.05) is 170 Å². The van der Waals surface area contributed by atoms with Crippen LogP contribution in [0.5, 0.6) is 0 Å². The lowest BCUT2D eigenvalue weighted by atomic mass is 9.97. The lowest BCUT2D eigenvalue weighted by Crippen LogP contribution is -1.92. The van der Waals surface area contributed by atoms with Gasteiger partial charge in [0.2, 0.25) is 0 Å². The maximum atomic E-state index is 6.31. The summed E-state index contributed by atoms with van der Waals surface area (Å²) in [6.07, 6.45) is 3.80. The second-order valence-electron chi connectivity index (χ2n) is 21.2. The van der Waals surface area contributed by atoms with E-state index in [4.69, 9.17) is 28.8 Å². The van der Waals surface area contributed by atoms with Crippen molar-refractivity contribution in [3.05, 3.63) is 240 Å². The van der Waals surface area contributed by atoms with Crippen molar-refractivity contribution in [3.8, 4) is 44.8 Å². The van der Waals surface area contributed by atoms with E-state index in [-0.39, 0.29) is 0 Å². The first-order valence-corrected chi connectivity index (χ1v) is 26.9. The highest BCUT2D eigenvalue weighted by Gasteiger charge is 2.18. The van der Waals surface area contributed by atoms with Crippen LogP contribution in [-0.4, -0.2) is 19.9 Å². The summed E-state index contributed by atoms with van der Waals surface area (Å²) in [5.41, 5.74) is 22.0. The number of aryl methyl sites for hydroxylation is 5. The van der Waals surface area contributed by atoms with Crippen LogP contribution in [0.15, 0.2) is 221 Å². The minimum Gasteiger partial charge on any atom is -0.456 e. The maximum Gasteiger partial charge on any atom is 0.138 e. The number of rotatable bonds is 4. The van der Waals surface area contributed by atoms with Crippen molar-refractivity contribution in [1.29, 1.82) is 0 Å². The van der Waals surface area contributed by atoms with Crippen molar-refractivity contribution in [1.82, 2.24) is 19.9 Å². The molecule has 6 heteroatoms. The summed E-state index contributed by atoms with van der Waals surface area (Å²) in [5, 5.41) is 14.0. The molecule has 0 aliphatic heterocycles. The second kappa shape index (κ2) is 18.0. The normalized spacial score (nSPS) is 11.9. The second-order valence-corrected chi connectivity index (χ2v) is 21.2. The van der Waals surface area contributed by atoms with Crippen LogP contribution in [-0.2, 0) is 0 Å². The van der Waals surface area contributed by atoms with Gasteiger partial charge in [0.15, 0.2) is 0 Å². The molecule has 79 heavy (non-hydrogen) atoms. The van der Waals surface area contributed by atoms with Crippen LogP contribution in [0, 0.1) is 34.6 Å². The zero-order valence-corrected chi connectivity index (χ0v) is 44.3. The molecular formula is C73H50N4O2. The Labute approximate surface area is 455 Å². The van der Waals surface area contributed by atoms with Gasteiger partial charge in [0.25, 0.3) is 0 Å². The third-order valence-electron chi connectivity index (χ3n) is 16.1.